The molecule has 21 heavy (non-hydrogen) atoms. The molecule has 0 bridgehead atoms. The molecule has 0 unspecified atom stereocenters. The quantitative estimate of drug-likeness (QED) is 0.815. The summed E-state index contributed by atoms with van der Waals surface area (Å²) < 4.78 is 1.92. The van der Waals surface area contributed by atoms with Crippen molar-refractivity contribution in [3.8, 4) is 0 Å². The minimum atomic E-state index is -0.110. The fraction of sp³-hybridized carbons (Fsp3) is 0.400. The van der Waals surface area contributed by atoms with E-state index in [1.807, 2.05) is 23.8 Å². The number of nitrogens with zero attached hydrogens (tertiary/aromatic N) is 3. The van der Waals surface area contributed by atoms with Crippen LogP contribution in [0.25, 0.3) is 0 Å². The third-order valence-electron chi connectivity index (χ3n) is 3.07. The minimum Gasteiger partial charge on any atom is -0.384 e. The van der Waals surface area contributed by atoms with Gasteiger partial charge in [0.2, 0.25) is 0 Å². The topological polar surface area (TPSA) is 71.8 Å². The van der Waals surface area contributed by atoms with Gasteiger partial charge in [0, 0.05) is 43.9 Å². The van der Waals surface area contributed by atoms with Crippen LogP contribution in [0.4, 0.5) is 5.69 Å². The molecule has 0 spiro atoms. The van der Waals surface area contributed by atoms with Gasteiger partial charge in [-0.1, -0.05) is 6.92 Å². The maximum absolute atomic E-state index is 12.3. The van der Waals surface area contributed by atoms with Crippen molar-refractivity contribution in [2.45, 2.75) is 26.8 Å². The second kappa shape index (κ2) is 7.42. The second-order valence-electron chi connectivity index (χ2n) is 4.85. The van der Waals surface area contributed by atoms with Crippen molar-refractivity contribution in [3.05, 3.63) is 42.2 Å². The van der Waals surface area contributed by atoms with Gasteiger partial charge in [-0.2, -0.15) is 0 Å². The van der Waals surface area contributed by atoms with Crippen LogP contribution >= 0.6 is 0 Å². The van der Waals surface area contributed by atoms with Gasteiger partial charge in [0.15, 0.2) is 0 Å². The van der Waals surface area contributed by atoms with E-state index in [0.29, 0.717) is 18.7 Å². The first-order valence-electron chi connectivity index (χ1n) is 7.15. The van der Waals surface area contributed by atoms with Gasteiger partial charge in [0.25, 0.3) is 5.91 Å². The first-order valence-corrected chi connectivity index (χ1v) is 7.15. The highest BCUT2D eigenvalue weighted by Gasteiger charge is 2.11. The standard InChI is InChI=1S/C15H21N5O/c1-3-4-17-14-9-12(2)19-10-13(14)15(21)18-6-8-20-7-5-16-11-20/h5,7,9-11H,3-4,6,8H2,1-2H3,(H,17,19)(H,18,21). The molecule has 0 aliphatic heterocycles. The number of hydrogen-bond donors (Lipinski definition) is 2. The third kappa shape index (κ3) is 4.30. The van der Waals surface area contributed by atoms with Gasteiger partial charge in [-0.05, 0) is 19.4 Å². The molecule has 0 aromatic carbocycles. The zero-order valence-electron chi connectivity index (χ0n) is 12.5. The number of carbonyl (C=O) groups is 1. The van der Waals surface area contributed by atoms with Crippen LogP contribution in [0.3, 0.4) is 0 Å². The monoisotopic (exact) mass is 287 g/mol. The SMILES string of the molecule is CCCNc1cc(C)ncc1C(=O)NCCn1ccnc1. The van der Waals surface area contributed by atoms with E-state index in [0.717, 1.165) is 24.3 Å². The first kappa shape index (κ1) is 15.0. The Balaban J connectivity index is 1.97. The summed E-state index contributed by atoms with van der Waals surface area (Å²) >= 11 is 0. The smallest absolute Gasteiger partial charge is 0.255 e. The summed E-state index contributed by atoms with van der Waals surface area (Å²) in [6.45, 7) is 6.08. The lowest BCUT2D eigenvalue weighted by atomic mass is 10.2. The highest BCUT2D eigenvalue weighted by molar-refractivity contribution is 5.99. The van der Waals surface area contributed by atoms with Crippen LogP contribution in [-0.4, -0.2) is 33.5 Å². The highest BCUT2D eigenvalue weighted by Crippen LogP contribution is 2.15. The van der Waals surface area contributed by atoms with Crippen molar-refractivity contribution in [1.29, 1.82) is 0 Å². The lowest BCUT2D eigenvalue weighted by Gasteiger charge is -2.12. The lowest BCUT2D eigenvalue weighted by Crippen LogP contribution is -2.28. The molecule has 2 N–H and O–H groups in total. The predicted octanol–water partition coefficient (Wildman–Crippen LogP) is 1.84. The number of anilines is 1. The van der Waals surface area contributed by atoms with Gasteiger partial charge >= 0.3 is 0 Å². The molecule has 112 valence electrons. The van der Waals surface area contributed by atoms with Crippen LogP contribution in [0.5, 0.6) is 0 Å². The fourth-order valence-corrected chi connectivity index (χ4v) is 1.96. The van der Waals surface area contributed by atoms with Gasteiger partial charge in [-0.15, -0.1) is 0 Å². The summed E-state index contributed by atoms with van der Waals surface area (Å²) in [6, 6.07) is 1.90. The van der Waals surface area contributed by atoms with Crippen LogP contribution in [-0.2, 0) is 6.54 Å². The van der Waals surface area contributed by atoms with E-state index >= 15 is 0 Å². The van der Waals surface area contributed by atoms with Crippen LogP contribution in [0, 0.1) is 6.92 Å². The summed E-state index contributed by atoms with van der Waals surface area (Å²) in [5.74, 6) is -0.110. The second-order valence-corrected chi connectivity index (χ2v) is 4.85. The molecule has 2 heterocycles. The number of hydrogen-bond acceptors (Lipinski definition) is 4. The number of aromatic nitrogens is 3. The van der Waals surface area contributed by atoms with E-state index in [1.54, 1.807) is 18.7 Å². The molecular formula is C15H21N5O. The molecular weight excluding hydrogens is 266 g/mol. The van der Waals surface area contributed by atoms with E-state index in [4.69, 9.17) is 0 Å². The summed E-state index contributed by atoms with van der Waals surface area (Å²) in [6.07, 6.45) is 7.95. The molecule has 0 saturated heterocycles. The molecule has 1 amide bonds. The molecule has 0 aliphatic rings. The maximum Gasteiger partial charge on any atom is 0.255 e. The number of imidazole rings is 1. The molecule has 2 aromatic rings. The molecule has 6 heteroatoms. The van der Waals surface area contributed by atoms with E-state index < -0.39 is 0 Å². The van der Waals surface area contributed by atoms with Crippen molar-refractivity contribution in [2.75, 3.05) is 18.4 Å². The van der Waals surface area contributed by atoms with Crippen LogP contribution in [0.15, 0.2) is 31.0 Å². The molecule has 6 nitrogen and oxygen atoms in total. The van der Waals surface area contributed by atoms with E-state index in [-0.39, 0.29) is 5.91 Å². The summed E-state index contributed by atoms with van der Waals surface area (Å²) in [5, 5.41) is 6.18. The molecule has 0 aliphatic carbocycles. The Hall–Kier alpha value is -2.37. The van der Waals surface area contributed by atoms with Crippen molar-refractivity contribution >= 4 is 11.6 Å². The number of amides is 1. The largest absolute Gasteiger partial charge is 0.384 e. The maximum atomic E-state index is 12.3. The minimum absolute atomic E-state index is 0.110. The average molecular weight is 287 g/mol. The van der Waals surface area contributed by atoms with Gasteiger partial charge < -0.3 is 15.2 Å². The van der Waals surface area contributed by atoms with E-state index in [1.165, 1.54) is 0 Å². The molecule has 2 rings (SSSR count). The molecule has 0 saturated carbocycles. The zero-order valence-corrected chi connectivity index (χ0v) is 12.5. The third-order valence-corrected chi connectivity index (χ3v) is 3.07. The Kier molecular flexibility index (Phi) is 5.31. The zero-order chi connectivity index (χ0) is 15.1. The van der Waals surface area contributed by atoms with E-state index in [9.17, 15) is 4.79 Å². The number of carbonyl (C=O) groups excluding carboxylic acids is 1. The Bertz CT molecular complexity index is 580. The van der Waals surface area contributed by atoms with Gasteiger partial charge in [0.1, 0.15) is 0 Å². The Morgan fingerprint density at radius 3 is 2.95 bits per heavy atom. The summed E-state index contributed by atoms with van der Waals surface area (Å²) in [5.41, 5.74) is 2.31. The Labute approximate surface area is 124 Å². The van der Waals surface area contributed by atoms with Crippen molar-refractivity contribution in [1.82, 2.24) is 19.9 Å². The van der Waals surface area contributed by atoms with Crippen LogP contribution in [0.1, 0.15) is 29.4 Å². The molecule has 2 aromatic heterocycles. The van der Waals surface area contributed by atoms with Crippen molar-refractivity contribution in [2.24, 2.45) is 0 Å². The van der Waals surface area contributed by atoms with E-state index in [2.05, 4.69) is 27.5 Å². The number of nitrogens with one attached hydrogen (secondary N) is 2. The fourth-order valence-electron chi connectivity index (χ4n) is 1.96. The Morgan fingerprint density at radius 2 is 2.24 bits per heavy atom. The molecule has 0 fully saturated rings. The normalized spacial score (nSPS) is 10.4. The first-order chi connectivity index (χ1) is 10.2. The van der Waals surface area contributed by atoms with Crippen molar-refractivity contribution < 1.29 is 4.79 Å². The summed E-state index contributed by atoms with van der Waals surface area (Å²) in [4.78, 5) is 20.4. The number of pyridine rings is 1. The molecule has 0 atom stereocenters. The molecule has 0 radical (unpaired) electrons. The highest BCUT2D eigenvalue weighted by atomic mass is 16.1. The van der Waals surface area contributed by atoms with Crippen LogP contribution in [0.2, 0.25) is 0 Å². The predicted molar refractivity (Wildman–Crippen MR) is 82.3 cm³/mol. The number of aryl methyl sites for hydroxylation is 1. The van der Waals surface area contributed by atoms with Gasteiger partial charge in [0.05, 0.1) is 17.6 Å². The van der Waals surface area contributed by atoms with Gasteiger partial charge in [-0.25, -0.2) is 4.98 Å². The summed E-state index contributed by atoms with van der Waals surface area (Å²) in [7, 11) is 0. The van der Waals surface area contributed by atoms with Gasteiger partial charge in [-0.3, -0.25) is 9.78 Å². The average Bonchev–Trinajstić information content (AvgIpc) is 2.98. The van der Waals surface area contributed by atoms with Crippen molar-refractivity contribution in [3.63, 3.8) is 0 Å². The lowest BCUT2D eigenvalue weighted by molar-refractivity contribution is 0.0952. The Morgan fingerprint density at radius 1 is 1.38 bits per heavy atom. The number of rotatable bonds is 7. The van der Waals surface area contributed by atoms with Crippen LogP contribution < -0.4 is 10.6 Å².